The summed E-state index contributed by atoms with van der Waals surface area (Å²) in [6, 6.07) is 12.7. The van der Waals surface area contributed by atoms with E-state index in [2.05, 4.69) is 64.8 Å². The van der Waals surface area contributed by atoms with Crippen LogP contribution < -0.4 is 5.73 Å². The van der Waals surface area contributed by atoms with Gasteiger partial charge in [0.05, 0.1) is 0 Å². The molecule has 1 heterocycles. The highest BCUT2D eigenvalue weighted by molar-refractivity contribution is 14.1. The van der Waals surface area contributed by atoms with Crippen LogP contribution >= 0.6 is 34.2 Å². The van der Waals surface area contributed by atoms with E-state index in [1.54, 1.807) is 0 Å². The van der Waals surface area contributed by atoms with Gasteiger partial charge in [-0.25, -0.2) is 0 Å². The van der Waals surface area contributed by atoms with Gasteiger partial charge < -0.3 is 10.7 Å². The van der Waals surface area contributed by atoms with Crippen LogP contribution in [0.15, 0.2) is 36.4 Å². The lowest BCUT2D eigenvalue weighted by Gasteiger charge is -2.06. The zero-order valence-electron chi connectivity index (χ0n) is 13.1. The van der Waals surface area contributed by atoms with E-state index in [0.717, 1.165) is 30.8 Å². The molecular weight excluding hydrogens is 419 g/mol. The van der Waals surface area contributed by atoms with Gasteiger partial charge in [0.25, 0.3) is 0 Å². The highest BCUT2D eigenvalue weighted by atomic mass is 127. The second-order valence-corrected chi connectivity index (χ2v) is 7.56. The van der Waals surface area contributed by atoms with Gasteiger partial charge in [0.1, 0.15) is 0 Å². The zero-order chi connectivity index (χ0) is 16.4. The van der Waals surface area contributed by atoms with Crippen LogP contribution in [0, 0.1) is 10.5 Å². The Labute approximate surface area is 155 Å². The molecule has 4 heteroatoms. The highest BCUT2D eigenvalue weighted by Gasteiger charge is 2.15. The summed E-state index contributed by atoms with van der Waals surface area (Å²) in [5.41, 5.74) is 11.8. The second-order valence-electron chi connectivity index (χ2n) is 5.88. The van der Waals surface area contributed by atoms with E-state index < -0.39 is 0 Å². The van der Waals surface area contributed by atoms with Crippen LogP contribution in [0.4, 0.5) is 0 Å². The third kappa shape index (κ3) is 3.57. The first-order valence-electron chi connectivity index (χ1n) is 7.87. The first-order valence-corrected chi connectivity index (χ1v) is 9.32. The van der Waals surface area contributed by atoms with Crippen molar-refractivity contribution in [1.29, 1.82) is 0 Å². The summed E-state index contributed by atoms with van der Waals surface area (Å²) >= 11 is 8.63. The van der Waals surface area contributed by atoms with E-state index in [-0.39, 0.29) is 0 Å². The molecule has 0 atom stereocenters. The average molecular weight is 439 g/mol. The standard InChI is InChI=1S/C19H20ClIN2/c1-12-10-14(20)11-17-16(4-2-3-9-22)19(23-18(12)17)13-5-7-15(21)8-6-13/h5-8,10-11,23H,2-4,9,22H2,1H3. The summed E-state index contributed by atoms with van der Waals surface area (Å²) < 4.78 is 1.24. The Kier molecular flexibility index (Phi) is 5.29. The summed E-state index contributed by atoms with van der Waals surface area (Å²) in [5.74, 6) is 0. The topological polar surface area (TPSA) is 41.8 Å². The monoisotopic (exact) mass is 438 g/mol. The quantitative estimate of drug-likeness (QED) is 0.390. The van der Waals surface area contributed by atoms with Crippen LogP contribution in [0.1, 0.15) is 24.0 Å². The molecule has 0 unspecified atom stereocenters. The molecule has 0 saturated carbocycles. The average Bonchev–Trinajstić information content (AvgIpc) is 2.87. The van der Waals surface area contributed by atoms with E-state index >= 15 is 0 Å². The number of hydrogen-bond donors (Lipinski definition) is 2. The lowest BCUT2D eigenvalue weighted by atomic mass is 9.99. The fourth-order valence-corrected chi connectivity index (χ4v) is 3.68. The molecule has 0 spiro atoms. The van der Waals surface area contributed by atoms with Crippen molar-refractivity contribution in [1.82, 2.24) is 4.98 Å². The summed E-state index contributed by atoms with van der Waals surface area (Å²) in [4.78, 5) is 3.63. The predicted octanol–water partition coefficient (Wildman–Crippen LogP) is 5.68. The predicted molar refractivity (Wildman–Crippen MR) is 108 cm³/mol. The van der Waals surface area contributed by atoms with Crippen molar-refractivity contribution < 1.29 is 0 Å². The molecule has 0 aliphatic carbocycles. The van der Waals surface area contributed by atoms with Crippen molar-refractivity contribution in [3.8, 4) is 11.3 Å². The van der Waals surface area contributed by atoms with Crippen LogP contribution in [0.5, 0.6) is 0 Å². The van der Waals surface area contributed by atoms with Gasteiger partial charge >= 0.3 is 0 Å². The summed E-state index contributed by atoms with van der Waals surface area (Å²) in [7, 11) is 0. The molecule has 0 fully saturated rings. The van der Waals surface area contributed by atoms with Crippen molar-refractivity contribution in [3.05, 3.63) is 56.1 Å². The van der Waals surface area contributed by atoms with Crippen LogP contribution in [0.3, 0.4) is 0 Å². The molecule has 120 valence electrons. The van der Waals surface area contributed by atoms with Gasteiger partial charge in [-0.2, -0.15) is 0 Å². The van der Waals surface area contributed by atoms with Crippen LogP contribution in [-0.2, 0) is 6.42 Å². The molecular formula is C19H20ClIN2. The molecule has 0 aliphatic rings. The summed E-state index contributed by atoms with van der Waals surface area (Å²) in [5, 5.41) is 2.03. The first kappa shape index (κ1) is 16.8. The number of halogens is 2. The van der Waals surface area contributed by atoms with E-state index in [4.69, 9.17) is 17.3 Å². The Hall–Kier alpha value is -1.04. The maximum Gasteiger partial charge on any atom is 0.0497 e. The number of aryl methyl sites for hydroxylation is 2. The Morgan fingerprint density at radius 3 is 2.57 bits per heavy atom. The normalized spacial score (nSPS) is 11.3. The Morgan fingerprint density at radius 1 is 1.13 bits per heavy atom. The van der Waals surface area contributed by atoms with Gasteiger partial charge in [-0.05, 0) is 96.3 Å². The number of nitrogens with one attached hydrogen (secondary N) is 1. The lowest BCUT2D eigenvalue weighted by Crippen LogP contribution is -1.99. The van der Waals surface area contributed by atoms with Gasteiger partial charge in [-0.3, -0.25) is 0 Å². The Bertz CT molecular complexity index is 821. The van der Waals surface area contributed by atoms with Gasteiger partial charge in [0.15, 0.2) is 0 Å². The Morgan fingerprint density at radius 2 is 1.87 bits per heavy atom. The van der Waals surface area contributed by atoms with Crippen molar-refractivity contribution in [2.75, 3.05) is 6.54 Å². The van der Waals surface area contributed by atoms with E-state index in [0.29, 0.717) is 0 Å². The number of aromatic amines is 1. The summed E-state index contributed by atoms with van der Waals surface area (Å²) in [6.45, 7) is 2.84. The molecule has 0 amide bonds. The van der Waals surface area contributed by atoms with Gasteiger partial charge in [0.2, 0.25) is 0 Å². The molecule has 0 radical (unpaired) electrons. The zero-order valence-corrected chi connectivity index (χ0v) is 16.0. The summed E-state index contributed by atoms with van der Waals surface area (Å²) in [6.07, 6.45) is 3.14. The van der Waals surface area contributed by atoms with Gasteiger partial charge in [-0.15, -0.1) is 0 Å². The van der Waals surface area contributed by atoms with Crippen molar-refractivity contribution in [2.24, 2.45) is 5.73 Å². The highest BCUT2D eigenvalue weighted by Crippen LogP contribution is 2.35. The van der Waals surface area contributed by atoms with E-state index in [9.17, 15) is 0 Å². The van der Waals surface area contributed by atoms with Gasteiger partial charge in [0, 0.05) is 25.2 Å². The second kappa shape index (κ2) is 7.24. The smallest absolute Gasteiger partial charge is 0.0497 e. The number of rotatable bonds is 5. The largest absolute Gasteiger partial charge is 0.354 e. The molecule has 0 aliphatic heterocycles. The minimum atomic E-state index is 0.737. The number of aromatic nitrogens is 1. The lowest BCUT2D eigenvalue weighted by molar-refractivity contribution is 0.748. The molecule has 23 heavy (non-hydrogen) atoms. The number of nitrogens with two attached hydrogens (primary N) is 1. The fourth-order valence-electron chi connectivity index (χ4n) is 3.05. The fraction of sp³-hybridized carbons (Fsp3) is 0.263. The molecule has 3 N–H and O–H groups in total. The third-order valence-corrected chi connectivity index (χ3v) is 5.13. The minimum Gasteiger partial charge on any atom is -0.354 e. The molecule has 1 aromatic heterocycles. The van der Waals surface area contributed by atoms with E-state index in [1.807, 2.05) is 6.07 Å². The molecule has 0 bridgehead atoms. The number of benzene rings is 2. The molecule has 0 saturated heterocycles. The number of fused-ring (bicyclic) bond motifs is 1. The number of unbranched alkanes of at least 4 members (excludes halogenated alkanes) is 1. The van der Waals surface area contributed by atoms with Crippen LogP contribution in [0.25, 0.3) is 22.2 Å². The van der Waals surface area contributed by atoms with Crippen molar-refractivity contribution in [2.45, 2.75) is 26.2 Å². The number of H-pyrrole nitrogens is 1. The Balaban J connectivity index is 2.16. The van der Waals surface area contributed by atoms with Crippen molar-refractivity contribution in [3.63, 3.8) is 0 Å². The molecule has 2 aromatic carbocycles. The molecule has 3 aromatic rings. The first-order chi connectivity index (χ1) is 11.1. The number of hydrogen-bond acceptors (Lipinski definition) is 1. The van der Waals surface area contributed by atoms with Crippen molar-refractivity contribution >= 4 is 45.1 Å². The molecule has 2 nitrogen and oxygen atoms in total. The maximum absolute atomic E-state index is 6.30. The minimum absolute atomic E-state index is 0.737. The maximum atomic E-state index is 6.30. The van der Waals surface area contributed by atoms with E-state index in [1.165, 1.54) is 36.9 Å². The van der Waals surface area contributed by atoms with Crippen LogP contribution in [-0.4, -0.2) is 11.5 Å². The van der Waals surface area contributed by atoms with Gasteiger partial charge in [-0.1, -0.05) is 23.7 Å². The SMILES string of the molecule is Cc1cc(Cl)cc2c(CCCCN)c(-c3ccc(I)cc3)[nH]c12. The third-order valence-electron chi connectivity index (χ3n) is 4.19. The van der Waals surface area contributed by atoms with Crippen LogP contribution in [0.2, 0.25) is 5.02 Å². The molecule has 3 rings (SSSR count).